The monoisotopic (exact) mass is 331 g/mol. The maximum Gasteiger partial charge on any atom is 0.278 e. The average Bonchev–Trinajstić information content (AvgIpc) is 3.13. The molecule has 2 heterocycles. The number of para-hydroxylation sites is 1. The molecule has 3 aromatic rings. The molecule has 0 unspecified atom stereocenters. The van der Waals surface area contributed by atoms with Crippen molar-refractivity contribution in [1.82, 2.24) is 20.0 Å². The third kappa shape index (κ3) is 3.38. The summed E-state index contributed by atoms with van der Waals surface area (Å²) in [5.74, 6) is -0.283. The van der Waals surface area contributed by atoms with Gasteiger partial charge >= 0.3 is 0 Å². The van der Waals surface area contributed by atoms with Crippen LogP contribution in [0.1, 0.15) is 22.4 Å². The highest BCUT2D eigenvalue weighted by atomic mass is 32.1. The number of carbonyl (C=O) groups excluding carboxylic acids is 1. The topological polar surface area (TPSA) is 81.9 Å². The van der Waals surface area contributed by atoms with Gasteiger partial charge in [-0.25, -0.2) is 0 Å². The van der Waals surface area contributed by atoms with E-state index in [1.807, 2.05) is 38.2 Å². The molecule has 8 heteroatoms. The summed E-state index contributed by atoms with van der Waals surface area (Å²) < 4.78 is 6.98. The van der Waals surface area contributed by atoms with Crippen LogP contribution in [0.25, 0.3) is 10.9 Å². The zero-order chi connectivity index (χ0) is 16.2. The van der Waals surface area contributed by atoms with Crippen LogP contribution in [0, 0.1) is 0 Å². The van der Waals surface area contributed by atoms with E-state index in [0.29, 0.717) is 30.5 Å². The molecule has 7 nitrogen and oxygen atoms in total. The number of aryl methyl sites for hydroxylation is 1. The Kier molecular flexibility index (Phi) is 4.63. The zero-order valence-electron chi connectivity index (χ0n) is 12.9. The first-order valence-electron chi connectivity index (χ1n) is 7.32. The van der Waals surface area contributed by atoms with Crippen LogP contribution in [0.5, 0.6) is 0 Å². The van der Waals surface area contributed by atoms with Gasteiger partial charge in [0.25, 0.3) is 5.91 Å². The maximum absolute atomic E-state index is 12.4. The minimum absolute atomic E-state index is 0.283. The van der Waals surface area contributed by atoms with E-state index in [4.69, 9.17) is 4.74 Å². The molecule has 0 aliphatic carbocycles. The summed E-state index contributed by atoms with van der Waals surface area (Å²) >= 11 is 1.35. The molecule has 0 aliphatic rings. The summed E-state index contributed by atoms with van der Waals surface area (Å²) in [6.45, 7) is 3.22. The van der Waals surface area contributed by atoms with Crippen LogP contribution in [-0.2, 0) is 18.2 Å². The molecule has 2 aromatic heterocycles. The van der Waals surface area contributed by atoms with E-state index in [1.165, 1.54) is 11.3 Å². The number of aromatic nitrogens is 4. The van der Waals surface area contributed by atoms with Crippen LogP contribution in [0.15, 0.2) is 24.3 Å². The van der Waals surface area contributed by atoms with Crippen molar-refractivity contribution in [1.29, 1.82) is 0 Å². The van der Waals surface area contributed by atoms with E-state index in [0.717, 1.165) is 15.9 Å². The summed E-state index contributed by atoms with van der Waals surface area (Å²) in [5, 5.41) is 17.2. The molecule has 0 spiro atoms. The van der Waals surface area contributed by atoms with Gasteiger partial charge < -0.3 is 4.74 Å². The first-order chi connectivity index (χ1) is 11.2. The highest BCUT2D eigenvalue weighted by Crippen LogP contribution is 2.20. The summed E-state index contributed by atoms with van der Waals surface area (Å²) in [7, 11) is 1.82. The highest BCUT2D eigenvalue weighted by molar-refractivity contribution is 7.15. The second kappa shape index (κ2) is 6.84. The van der Waals surface area contributed by atoms with E-state index >= 15 is 0 Å². The quantitative estimate of drug-likeness (QED) is 0.701. The Labute approximate surface area is 137 Å². The van der Waals surface area contributed by atoms with Gasteiger partial charge in [0.15, 0.2) is 5.69 Å². The predicted molar refractivity (Wildman–Crippen MR) is 88.8 cm³/mol. The van der Waals surface area contributed by atoms with Gasteiger partial charge in [-0.3, -0.25) is 14.8 Å². The van der Waals surface area contributed by atoms with Gasteiger partial charge in [-0.1, -0.05) is 29.5 Å². The number of fused-ring (bicyclic) bond motifs is 1. The molecule has 0 radical (unpaired) electrons. The number of benzene rings is 1. The molecule has 1 amide bonds. The second-order valence-corrected chi connectivity index (χ2v) is 5.95. The normalized spacial score (nSPS) is 11.0. The number of amides is 1. The predicted octanol–water partition coefficient (Wildman–Crippen LogP) is 2.26. The molecule has 0 aliphatic heterocycles. The second-order valence-electron chi connectivity index (χ2n) is 4.89. The molecule has 1 N–H and O–H groups in total. The number of rotatable bonds is 6. The highest BCUT2D eigenvalue weighted by Gasteiger charge is 2.17. The van der Waals surface area contributed by atoms with Crippen molar-refractivity contribution in [3.8, 4) is 0 Å². The van der Waals surface area contributed by atoms with Gasteiger partial charge in [0, 0.05) is 25.5 Å². The zero-order valence-corrected chi connectivity index (χ0v) is 13.8. The molecular formula is C15H17N5O2S. The van der Waals surface area contributed by atoms with Crippen LogP contribution in [0.4, 0.5) is 5.13 Å². The smallest absolute Gasteiger partial charge is 0.278 e. The summed E-state index contributed by atoms with van der Waals surface area (Å²) in [4.78, 5) is 12.4. The first-order valence-corrected chi connectivity index (χ1v) is 8.14. The van der Waals surface area contributed by atoms with Crippen molar-refractivity contribution in [2.45, 2.75) is 13.3 Å². The number of hydrogen-bond acceptors (Lipinski definition) is 6. The number of ether oxygens (including phenoxy) is 1. The fourth-order valence-corrected chi connectivity index (χ4v) is 2.96. The Morgan fingerprint density at radius 1 is 1.35 bits per heavy atom. The Bertz CT molecular complexity index is 826. The molecule has 3 rings (SSSR count). The molecule has 0 saturated carbocycles. The van der Waals surface area contributed by atoms with Crippen LogP contribution in [-0.4, -0.2) is 39.1 Å². The van der Waals surface area contributed by atoms with Gasteiger partial charge in [0.1, 0.15) is 5.01 Å². The van der Waals surface area contributed by atoms with Crippen LogP contribution in [0.3, 0.4) is 0 Å². The van der Waals surface area contributed by atoms with Gasteiger partial charge in [-0.05, 0) is 13.0 Å². The van der Waals surface area contributed by atoms with E-state index in [-0.39, 0.29) is 5.91 Å². The molecule has 0 atom stereocenters. The van der Waals surface area contributed by atoms with Crippen LogP contribution >= 0.6 is 11.3 Å². The number of nitrogens with zero attached hydrogens (tertiary/aromatic N) is 4. The third-order valence-corrected chi connectivity index (χ3v) is 4.22. The Morgan fingerprint density at radius 3 is 3.00 bits per heavy atom. The van der Waals surface area contributed by atoms with Crippen molar-refractivity contribution >= 4 is 33.3 Å². The Balaban J connectivity index is 1.73. The van der Waals surface area contributed by atoms with Crippen molar-refractivity contribution in [2.24, 2.45) is 7.05 Å². The molecule has 0 bridgehead atoms. The summed E-state index contributed by atoms with van der Waals surface area (Å²) in [5.41, 5.74) is 1.29. The molecule has 0 fully saturated rings. The van der Waals surface area contributed by atoms with Gasteiger partial charge in [0.05, 0.1) is 12.1 Å². The van der Waals surface area contributed by atoms with Crippen molar-refractivity contribution in [2.75, 3.05) is 18.5 Å². The first kappa shape index (κ1) is 15.6. The molecule has 0 saturated heterocycles. The van der Waals surface area contributed by atoms with Gasteiger partial charge in [0.2, 0.25) is 5.13 Å². The van der Waals surface area contributed by atoms with Gasteiger partial charge in [-0.15, -0.1) is 10.2 Å². The Morgan fingerprint density at radius 2 is 2.17 bits per heavy atom. The number of nitrogens with one attached hydrogen (secondary N) is 1. The lowest BCUT2D eigenvalue weighted by molar-refractivity contribution is 0.102. The van der Waals surface area contributed by atoms with Crippen LogP contribution < -0.4 is 5.32 Å². The largest absolute Gasteiger partial charge is 0.381 e. The molecular weight excluding hydrogens is 314 g/mol. The minimum atomic E-state index is -0.283. The molecule has 1 aromatic carbocycles. The number of anilines is 1. The summed E-state index contributed by atoms with van der Waals surface area (Å²) in [6.07, 6.45) is 0.688. The van der Waals surface area contributed by atoms with E-state index < -0.39 is 0 Å². The Hall–Kier alpha value is -2.32. The van der Waals surface area contributed by atoms with Crippen molar-refractivity contribution < 1.29 is 9.53 Å². The summed E-state index contributed by atoms with van der Waals surface area (Å²) in [6, 6.07) is 7.61. The molecule has 120 valence electrons. The fourth-order valence-electron chi connectivity index (χ4n) is 2.25. The SMILES string of the molecule is CCOCCc1nnc(NC(=O)c2nn(C)c3ccccc23)s1. The lowest BCUT2D eigenvalue weighted by Crippen LogP contribution is -2.13. The standard InChI is InChI=1S/C15H17N5O2S/c1-3-22-9-8-12-17-18-15(23-12)16-14(21)13-10-6-4-5-7-11(10)20(2)19-13/h4-7H,3,8-9H2,1-2H3,(H,16,18,21). The average molecular weight is 331 g/mol. The third-order valence-electron chi connectivity index (χ3n) is 3.32. The lowest BCUT2D eigenvalue weighted by atomic mass is 10.2. The van der Waals surface area contributed by atoms with E-state index in [2.05, 4.69) is 20.6 Å². The molecule has 23 heavy (non-hydrogen) atoms. The van der Waals surface area contributed by atoms with Crippen molar-refractivity contribution in [3.63, 3.8) is 0 Å². The van der Waals surface area contributed by atoms with Gasteiger partial charge in [-0.2, -0.15) is 5.10 Å². The van der Waals surface area contributed by atoms with Crippen molar-refractivity contribution in [3.05, 3.63) is 35.0 Å². The minimum Gasteiger partial charge on any atom is -0.381 e. The van der Waals surface area contributed by atoms with E-state index in [1.54, 1.807) is 4.68 Å². The maximum atomic E-state index is 12.4. The fraction of sp³-hybridized carbons (Fsp3) is 0.333. The van der Waals surface area contributed by atoms with E-state index in [9.17, 15) is 4.79 Å². The number of hydrogen-bond donors (Lipinski definition) is 1. The van der Waals surface area contributed by atoms with Crippen LogP contribution in [0.2, 0.25) is 0 Å². The number of carbonyl (C=O) groups is 1. The lowest BCUT2D eigenvalue weighted by Gasteiger charge is -1.98.